The molecule has 5 nitrogen and oxygen atoms in total. The fourth-order valence-corrected chi connectivity index (χ4v) is 1.79. The summed E-state index contributed by atoms with van der Waals surface area (Å²) in [6, 6.07) is 2.25. The van der Waals surface area contributed by atoms with Gasteiger partial charge in [-0.15, -0.1) is 0 Å². The zero-order chi connectivity index (χ0) is 11.6. The van der Waals surface area contributed by atoms with Crippen LogP contribution >= 0.6 is 22.3 Å². The van der Waals surface area contributed by atoms with Gasteiger partial charge in [0, 0.05) is 10.7 Å². The van der Waals surface area contributed by atoms with Crippen molar-refractivity contribution in [1.29, 1.82) is 0 Å². The van der Waals surface area contributed by atoms with Crippen LogP contribution in [-0.2, 0) is 13.8 Å². The van der Waals surface area contributed by atoms with Gasteiger partial charge in [0.1, 0.15) is 5.15 Å². The number of carbonyl (C=O) groups is 1. The fourth-order valence-electron chi connectivity index (χ4n) is 0.816. The van der Waals surface area contributed by atoms with Crippen LogP contribution in [0, 0.1) is 0 Å². The quantitative estimate of drug-likeness (QED) is 0.462. The molecule has 0 aliphatic rings. The highest BCUT2D eigenvalue weighted by Crippen LogP contribution is 2.19. The van der Waals surface area contributed by atoms with Crippen molar-refractivity contribution in [2.24, 2.45) is 0 Å². The molecule has 0 saturated heterocycles. The lowest BCUT2D eigenvalue weighted by Crippen LogP contribution is -2.05. The minimum absolute atomic E-state index is 0.0248. The number of rotatable bonds is 2. The number of halogens is 2. The van der Waals surface area contributed by atoms with E-state index in [4.69, 9.17) is 22.3 Å². The summed E-state index contributed by atoms with van der Waals surface area (Å²) in [5.74, 6) is -0.703. The number of nitrogens with zero attached hydrogens (tertiary/aromatic N) is 1. The molecular formula is C7H5Cl2NO4S. The third kappa shape index (κ3) is 2.80. The van der Waals surface area contributed by atoms with Crippen LogP contribution in [0.3, 0.4) is 0 Å². The van der Waals surface area contributed by atoms with Crippen LogP contribution in [0.2, 0.25) is 5.15 Å². The number of methoxy groups -OCH3 is 1. The van der Waals surface area contributed by atoms with Gasteiger partial charge < -0.3 is 4.74 Å². The molecule has 1 aromatic heterocycles. The van der Waals surface area contributed by atoms with E-state index in [0.29, 0.717) is 0 Å². The van der Waals surface area contributed by atoms with E-state index in [-0.39, 0.29) is 10.7 Å². The van der Waals surface area contributed by atoms with Crippen molar-refractivity contribution in [2.75, 3.05) is 7.11 Å². The average Bonchev–Trinajstić information content (AvgIpc) is 2.15. The summed E-state index contributed by atoms with van der Waals surface area (Å²) >= 11 is 5.57. The molecule has 0 radical (unpaired) electrons. The van der Waals surface area contributed by atoms with Crippen LogP contribution in [0.25, 0.3) is 0 Å². The highest BCUT2D eigenvalue weighted by Gasteiger charge is 2.17. The van der Waals surface area contributed by atoms with Crippen molar-refractivity contribution in [2.45, 2.75) is 5.03 Å². The largest absolute Gasteiger partial charge is 0.465 e. The number of aromatic nitrogens is 1. The average molecular weight is 270 g/mol. The lowest BCUT2D eigenvalue weighted by molar-refractivity contribution is 0.0600. The Morgan fingerprint density at radius 3 is 2.47 bits per heavy atom. The van der Waals surface area contributed by atoms with Crippen molar-refractivity contribution < 1.29 is 17.9 Å². The Labute approximate surface area is 95.4 Å². The van der Waals surface area contributed by atoms with Gasteiger partial charge in [0.2, 0.25) is 0 Å². The van der Waals surface area contributed by atoms with Crippen LogP contribution in [0.1, 0.15) is 10.4 Å². The van der Waals surface area contributed by atoms with E-state index in [2.05, 4.69) is 9.72 Å². The monoisotopic (exact) mass is 269 g/mol. The molecule has 0 unspecified atom stereocenters. The normalized spacial score (nSPS) is 11.1. The molecule has 0 aliphatic carbocycles. The summed E-state index contributed by atoms with van der Waals surface area (Å²) in [5.41, 5.74) is -0.0248. The van der Waals surface area contributed by atoms with E-state index >= 15 is 0 Å². The molecule has 82 valence electrons. The van der Waals surface area contributed by atoms with Gasteiger partial charge in [-0.25, -0.2) is 18.2 Å². The van der Waals surface area contributed by atoms with Crippen LogP contribution < -0.4 is 0 Å². The second kappa shape index (κ2) is 4.34. The van der Waals surface area contributed by atoms with Gasteiger partial charge in [0.15, 0.2) is 5.03 Å². The molecule has 0 saturated carbocycles. The van der Waals surface area contributed by atoms with Crippen LogP contribution in [0.4, 0.5) is 0 Å². The van der Waals surface area contributed by atoms with Gasteiger partial charge >= 0.3 is 5.97 Å². The molecule has 0 atom stereocenters. The molecule has 8 heteroatoms. The first-order chi connectivity index (χ1) is 6.86. The Morgan fingerprint density at radius 2 is 2.07 bits per heavy atom. The summed E-state index contributed by atoms with van der Waals surface area (Å²) in [4.78, 5) is 14.5. The lowest BCUT2D eigenvalue weighted by Gasteiger charge is -2.02. The fraction of sp³-hybridized carbons (Fsp3) is 0.143. The highest BCUT2D eigenvalue weighted by molar-refractivity contribution is 8.13. The third-order valence-electron chi connectivity index (χ3n) is 1.48. The Bertz CT molecular complexity index is 500. The topological polar surface area (TPSA) is 73.3 Å². The van der Waals surface area contributed by atoms with E-state index < -0.39 is 20.0 Å². The van der Waals surface area contributed by atoms with Gasteiger partial charge in [0.25, 0.3) is 9.05 Å². The van der Waals surface area contributed by atoms with E-state index in [1.165, 1.54) is 13.2 Å². The number of esters is 1. The van der Waals surface area contributed by atoms with Crippen LogP contribution in [0.5, 0.6) is 0 Å². The second-order valence-electron chi connectivity index (χ2n) is 2.42. The molecular weight excluding hydrogens is 265 g/mol. The number of hydrogen-bond donors (Lipinski definition) is 0. The minimum atomic E-state index is -3.95. The Balaban J connectivity index is 3.27. The van der Waals surface area contributed by atoms with E-state index in [1.807, 2.05) is 0 Å². The maximum atomic E-state index is 11.1. The first-order valence-corrected chi connectivity index (χ1v) is 6.24. The maximum absolute atomic E-state index is 11.1. The molecule has 0 bridgehead atoms. The third-order valence-corrected chi connectivity index (χ3v) is 2.97. The molecule has 1 aromatic rings. The second-order valence-corrected chi connectivity index (χ2v) is 5.29. The molecule has 0 aliphatic heterocycles. The number of pyridine rings is 1. The van der Waals surface area contributed by atoms with Gasteiger partial charge in [0.05, 0.1) is 12.7 Å². The van der Waals surface area contributed by atoms with Gasteiger partial charge in [-0.2, -0.15) is 0 Å². The number of hydrogen-bond acceptors (Lipinski definition) is 5. The van der Waals surface area contributed by atoms with E-state index in [1.54, 1.807) is 0 Å². The summed E-state index contributed by atoms with van der Waals surface area (Å²) in [6.07, 6.45) is 0. The first-order valence-electron chi connectivity index (χ1n) is 3.56. The van der Waals surface area contributed by atoms with E-state index in [9.17, 15) is 13.2 Å². The van der Waals surface area contributed by atoms with Crippen molar-refractivity contribution in [3.05, 3.63) is 22.8 Å². The smallest absolute Gasteiger partial charge is 0.341 e. The SMILES string of the molecule is COC(=O)c1ccc(S(=O)(=O)Cl)nc1Cl. The summed E-state index contributed by atoms with van der Waals surface area (Å²) in [6.45, 7) is 0. The molecule has 0 N–H and O–H groups in total. The Hall–Kier alpha value is -0.850. The molecule has 1 heterocycles. The van der Waals surface area contributed by atoms with Crippen LogP contribution in [-0.4, -0.2) is 26.5 Å². The van der Waals surface area contributed by atoms with Crippen LogP contribution in [0.15, 0.2) is 17.2 Å². The van der Waals surface area contributed by atoms with Crippen molar-refractivity contribution in [3.8, 4) is 0 Å². The molecule has 1 rings (SSSR count). The number of ether oxygens (including phenoxy) is 1. The Kier molecular flexibility index (Phi) is 3.54. The molecule has 0 amide bonds. The summed E-state index contributed by atoms with van der Waals surface area (Å²) in [7, 11) is 2.25. The first kappa shape index (κ1) is 12.2. The standard InChI is InChI=1S/C7H5Cl2NO4S/c1-14-7(11)4-2-3-5(10-6(4)8)15(9,12)13/h2-3H,1H3. The van der Waals surface area contributed by atoms with Gasteiger partial charge in [-0.05, 0) is 12.1 Å². The highest BCUT2D eigenvalue weighted by atomic mass is 35.7. The summed E-state index contributed by atoms with van der Waals surface area (Å²) in [5, 5.41) is -0.689. The Morgan fingerprint density at radius 1 is 1.47 bits per heavy atom. The molecule has 0 fully saturated rings. The predicted molar refractivity (Wildman–Crippen MR) is 53.6 cm³/mol. The van der Waals surface area contributed by atoms with Crippen molar-refractivity contribution in [3.63, 3.8) is 0 Å². The molecule has 0 spiro atoms. The zero-order valence-corrected chi connectivity index (χ0v) is 9.73. The summed E-state index contributed by atoms with van der Waals surface area (Å²) < 4.78 is 26.1. The molecule has 0 aromatic carbocycles. The lowest BCUT2D eigenvalue weighted by atomic mass is 10.3. The van der Waals surface area contributed by atoms with Crippen molar-refractivity contribution in [1.82, 2.24) is 4.98 Å². The zero-order valence-electron chi connectivity index (χ0n) is 7.40. The maximum Gasteiger partial charge on any atom is 0.341 e. The van der Waals surface area contributed by atoms with Gasteiger partial charge in [-0.1, -0.05) is 11.6 Å². The number of carbonyl (C=O) groups excluding carboxylic acids is 1. The predicted octanol–water partition coefficient (Wildman–Crippen LogP) is 1.45. The van der Waals surface area contributed by atoms with Gasteiger partial charge in [-0.3, -0.25) is 0 Å². The van der Waals surface area contributed by atoms with Crippen molar-refractivity contribution >= 4 is 37.3 Å². The minimum Gasteiger partial charge on any atom is -0.465 e. The molecule has 15 heavy (non-hydrogen) atoms. The van der Waals surface area contributed by atoms with E-state index in [0.717, 1.165) is 6.07 Å².